The zero-order valence-electron chi connectivity index (χ0n) is 10.1. The molecule has 0 aliphatic carbocycles. The summed E-state index contributed by atoms with van der Waals surface area (Å²) in [5, 5.41) is 3.36. The smallest absolute Gasteiger partial charge is 0.140 e. The lowest BCUT2D eigenvalue weighted by atomic mass is 10.3. The van der Waals surface area contributed by atoms with Crippen molar-refractivity contribution in [2.45, 2.75) is 25.8 Å². The molecular weight excluding hydrogens is 280 g/mol. The van der Waals surface area contributed by atoms with Crippen LogP contribution in [-0.2, 0) is 0 Å². The number of nitrogens with one attached hydrogen (secondary N) is 1. The Morgan fingerprint density at radius 3 is 2.88 bits per heavy atom. The number of nitrogens with zero attached hydrogens (tertiary/aromatic N) is 2. The van der Waals surface area contributed by atoms with E-state index in [1.54, 1.807) is 6.20 Å². The van der Waals surface area contributed by atoms with Gasteiger partial charge in [0.05, 0.1) is 16.4 Å². The predicted molar refractivity (Wildman–Crippen MR) is 75.1 cm³/mol. The van der Waals surface area contributed by atoms with Crippen molar-refractivity contribution < 1.29 is 0 Å². The molecule has 3 N–H and O–H groups in total. The number of halogens is 1. The van der Waals surface area contributed by atoms with Crippen molar-refractivity contribution in [3.05, 3.63) is 16.7 Å². The van der Waals surface area contributed by atoms with E-state index in [0.29, 0.717) is 11.7 Å². The van der Waals surface area contributed by atoms with Crippen molar-refractivity contribution in [2.24, 2.45) is 0 Å². The van der Waals surface area contributed by atoms with Crippen LogP contribution in [0.25, 0.3) is 0 Å². The van der Waals surface area contributed by atoms with Crippen molar-refractivity contribution in [1.29, 1.82) is 0 Å². The molecule has 0 spiro atoms. The third-order valence-electron chi connectivity index (χ3n) is 3.19. The van der Waals surface area contributed by atoms with E-state index in [0.717, 1.165) is 16.8 Å². The average Bonchev–Trinajstić information content (AvgIpc) is 2.81. The van der Waals surface area contributed by atoms with Gasteiger partial charge in [-0.1, -0.05) is 0 Å². The average molecular weight is 299 g/mol. The number of nitrogens with two attached hydrogens (primary N) is 1. The maximum absolute atomic E-state index is 5.65. The number of nitrogen functional groups attached to an aromatic ring is 1. The van der Waals surface area contributed by atoms with Gasteiger partial charge in [0.15, 0.2) is 0 Å². The first-order valence-corrected chi connectivity index (χ1v) is 6.85. The lowest BCUT2D eigenvalue weighted by molar-refractivity contribution is 0.269. The number of rotatable bonds is 4. The summed E-state index contributed by atoms with van der Waals surface area (Å²) in [6.45, 7) is 5.61. The summed E-state index contributed by atoms with van der Waals surface area (Å²) in [7, 11) is 0. The Kier molecular flexibility index (Phi) is 4.23. The Hall–Kier alpha value is -0.810. The van der Waals surface area contributed by atoms with Crippen LogP contribution in [0.1, 0.15) is 19.8 Å². The highest BCUT2D eigenvalue weighted by Crippen LogP contribution is 2.22. The summed E-state index contributed by atoms with van der Waals surface area (Å²) in [5.41, 5.74) is 6.33. The molecule has 0 radical (unpaired) electrons. The third kappa shape index (κ3) is 3.33. The first-order chi connectivity index (χ1) is 8.16. The van der Waals surface area contributed by atoms with Crippen LogP contribution in [0.5, 0.6) is 0 Å². The summed E-state index contributed by atoms with van der Waals surface area (Å²) in [5.74, 6) is 0.866. The molecule has 0 aromatic carbocycles. The van der Waals surface area contributed by atoms with Crippen LogP contribution in [0.15, 0.2) is 16.7 Å². The van der Waals surface area contributed by atoms with Crippen LogP contribution in [0.3, 0.4) is 0 Å². The van der Waals surface area contributed by atoms with Gasteiger partial charge in [0.1, 0.15) is 5.82 Å². The number of hydrogen-bond donors (Lipinski definition) is 2. The molecule has 17 heavy (non-hydrogen) atoms. The quantitative estimate of drug-likeness (QED) is 0.896. The zero-order valence-corrected chi connectivity index (χ0v) is 11.7. The van der Waals surface area contributed by atoms with Gasteiger partial charge in [0.25, 0.3) is 0 Å². The van der Waals surface area contributed by atoms with Crippen molar-refractivity contribution in [2.75, 3.05) is 30.7 Å². The van der Waals surface area contributed by atoms with Crippen LogP contribution in [0.4, 0.5) is 11.5 Å². The lowest BCUT2D eigenvalue weighted by Crippen LogP contribution is -2.35. The molecule has 0 amide bonds. The molecule has 1 atom stereocenters. The highest BCUT2D eigenvalue weighted by atomic mass is 79.9. The van der Waals surface area contributed by atoms with Crippen LogP contribution in [0.2, 0.25) is 0 Å². The van der Waals surface area contributed by atoms with Gasteiger partial charge in [0, 0.05) is 12.6 Å². The van der Waals surface area contributed by atoms with Gasteiger partial charge in [-0.3, -0.25) is 4.90 Å². The van der Waals surface area contributed by atoms with Gasteiger partial charge in [-0.25, -0.2) is 4.98 Å². The fourth-order valence-corrected chi connectivity index (χ4v) is 2.65. The van der Waals surface area contributed by atoms with Crippen LogP contribution < -0.4 is 11.1 Å². The van der Waals surface area contributed by atoms with Crippen LogP contribution in [-0.4, -0.2) is 35.6 Å². The van der Waals surface area contributed by atoms with Gasteiger partial charge in [-0.2, -0.15) is 0 Å². The van der Waals surface area contributed by atoms with E-state index in [9.17, 15) is 0 Å². The summed E-state index contributed by atoms with van der Waals surface area (Å²) >= 11 is 3.46. The zero-order chi connectivity index (χ0) is 12.3. The molecule has 4 nitrogen and oxygen atoms in total. The molecule has 0 bridgehead atoms. The van der Waals surface area contributed by atoms with E-state index in [-0.39, 0.29) is 0 Å². The number of anilines is 2. The van der Waals surface area contributed by atoms with E-state index in [2.05, 4.69) is 38.1 Å². The highest BCUT2D eigenvalue weighted by Gasteiger charge is 2.17. The Morgan fingerprint density at radius 1 is 1.53 bits per heavy atom. The molecule has 1 aliphatic rings. The first-order valence-electron chi connectivity index (χ1n) is 6.06. The van der Waals surface area contributed by atoms with Gasteiger partial charge >= 0.3 is 0 Å². The topological polar surface area (TPSA) is 54.2 Å². The standard InChI is InChI=1S/C12H19BrN4/c1-9(17-4-2-3-5-17)7-15-12-11(13)6-10(14)8-16-12/h6,8-9H,2-5,7,14H2,1H3,(H,15,16). The molecule has 1 aromatic heterocycles. The minimum Gasteiger partial charge on any atom is -0.397 e. The van der Waals surface area contributed by atoms with E-state index in [1.807, 2.05) is 6.07 Å². The normalized spacial score (nSPS) is 18.2. The van der Waals surface area contributed by atoms with Crippen molar-refractivity contribution in [3.63, 3.8) is 0 Å². The molecule has 1 saturated heterocycles. The van der Waals surface area contributed by atoms with E-state index in [1.165, 1.54) is 25.9 Å². The Bertz CT molecular complexity index is 377. The second kappa shape index (κ2) is 5.69. The molecule has 5 heteroatoms. The van der Waals surface area contributed by atoms with Crippen molar-refractivity contribution in [3.8, 4) is 0 Å². The minimum absolute atomic E-state index is 0.545. The molecule has 0 saturated carbocycles. The molecule has 94 valence electrons. The predicted octanol–water partition coefficient (Wildman–Crippen LogP) is 2.32. The Morgan fingerprint density at radius 2 is 2.24 bits per heavy atom. The number of pyridine rings is 1. The fraction of sp³-hybridized carbons (Fsp3) is 0.583. The largest absolute Gasteiger partial charge is 0.397 e. The molecule has 2 heterocycles. The Balaban J connectivity index is 1.88. The van der Waals surface area contributed by atoms with Gasteiger partial charge in [-0.15, -0.1) is 0 Å². The van der Waals surface area contributed by atoms with Crippen LogP contribution in [0, 0.1) is 0 Å². The maximum atomic E-state index is 5.65. The fourth-order valence-electron chi connectivity index (χ4n) is 2.14. The SMILES string of the molecule is CC(CNc1ncc(N)cc1Br)N1CCCC1. The first kappa shape index (κ1) is 12.6. The maximum Gasteiger partial charge on any atom is 0.140 e. The minimum atomic E-state index is 0.545. The molecule has 1 aliphatic heterocycles. The molecule has 1 fully saturated rings. The van der Waals surface area contributed by atoms with Gasteiger partial charge in [0.2, 0.25) is 0 Å². The third-order valence-corrected chi connectivity index (χ3v) is 3.80. The highest BCUT2D eigenvalue weighted by molar-refractivity contribution is 9.10. The monoisotopic (exact) mass is 298 g/mol. The summed E-state index contributed by atoms with van der Waals surface area (Å²) in [4.78, 5) is 6.79. The second-order valence-corrected chi connectivity index (χ2v) is 5.43. The number of likely N-dealkylation sites (tertiary alicyclic amines) is 1. The number of aromatic nitrogens is 1. The second-order valence-electron chi connectivity index (χ2n) is 4.57. The van der Waals surface area contributed by atoms with Gasteiger partial charge < -0.3 is 11.1 Å². The van der Waals surface area contributed by atoms with Crippen molar-refractivity contribution in [1.82, 2.24) is 9.88 Å². The van der Waals surface area contributed by atoms with Crippen LogP contribution >= 0.6 is 15.9 Å². The van der Waals surface area contributed by atoms with Gasteiger partial charge in [-0.05, 0) is 54.9 Å². The molecular formula is C12H19BrN4. The molecule has 1 unspecified atom stereocenters. The summed E-state index contributed by atoms with van der Waals surface area (Å²) < 4.78 is 0.922. The number of hydrogen-bond acceptors (Lipinski definition) is 4. The summed E-state index contributed by atoms with van der Waals surface area (Å²) in [6.07, 6.45) is 4.33. The van der Waals surface area contributed by atoms with E-state index < -0.39 is 0 Å². The van der Waals surface area contributed by atoms with E-state index in [4.69, 9.17) is 5.73 Å². The van der Waals surface area contributed by atoms with Crippen molar-refractivity contribution >= 4 is 27.4 Å². The lowest BCUT2D eigenvalue weighted by Gasteiger charge is -2.24. The van der Waals surface area contributed by atoms with E-state index >= 15 is 0 Å². The Labute approximate surface area is 111 Å². The molecule has 2 rings (SSSR count). The molecule has 1 aromatic rings. The summed E-state index contributed by atoms with van der Waals surface area (Å²) in [6, 6.07) is 2.42.